The Hall–Kier alpha value is -2.57. The lowest BCUT2D eigenvalue weighted by Gasteiger charge is -2.06. The van der Waals surface area contributed by atoms with Gasteiger partial charge in [-0.15, -0.1) is 0 Å². The van der Waals surface area contributed by atoms with E-state index in [0.717, 1.165) is 17.8 Å². The third kappa shape index (κ3) is 3.21. The molecular weight excluding hydrogens is 256 g/mol. The average Bonchev–Trinajstić information content (AvgIpc) is 2.38. The van der Waals surface area contributed by atoms with Crippen molar-refractivity contribution in [2.45, 2.75) is 6.54 Å². The van der Waals surface area contributed by atoms with Crippen LogP contribution in [0.15, 0.2) is 36.5 Å². The zero-order chi connectivity index (χ0) is 13.8. The second kappa shape index (κ2) is 5.38. The molecule has 0 aliphatic heterocycles. The maximum atomic E-state index is 13.3. The van der Waals surface area contributed by atoms with Crippen LogP contribution in [0.5, 0.6) is 0 Å². The fraction of sp³-hybridized carbons (Fsp3) is 0.0833. The highest BCUT2D eigenvalue weighted by Gasteiger charge is 2.06. The SMILES string of the molecule is O=[N+]([O-])c1ccc(CNc2ncc(F)cc2F)cc1. The summed E-state index contributed by atoms with van der Waals surface area (Å²) in [6, 6.07) is 6.53. The molecular formula is C12H9F2N3O2. The first-order valence-corrected chi connectivity index (χ1v) is 5.34. The van der Waals surface area contributed by atoms with Gasteiger partial charge in [-0.05, 0) is 5.56 Å². The number of nitrogens with zero attached hydrogens (tertiary/aromatic N) is 2. The molecule has 0 aliphatic rings. The van der Waals surface area contributed by atoms with Crippen LogP contribution in [0.25, 0.3) is 0 Å². The van der Waals surface area contributed by atoms with Gasteiger partial charge in [0.05, 0.1) is 11.1 Å². The summed E-state index contributed by atoms with van der Waals surface area (Å²) in [5, 5.41) is 13.1. The maximum absolute atomic E-state index is 13.3. The summed E-state index contributed by atoms with van der Waals surface area (Å²) in [5.41, 5.74) is 0.700. The Morgan fingerprint density at radius 2 is 1.95 bits per heavy atom. The number of pyridine rings is 1. The predicted octanol–water partition coefficient (Wildman–Crippen LogP) is 2.88. The van der Waals surface area contributed by atoms with Gasteiger partial charge in [0, 0.05) is 24.7 Å². The molecule has 0 saturated heterocycles. The third-order valence-corrected chi connectivity index (χ3v) is 2.41. The fourth-order valence-electron chi connectivity index (χ4n) is 1.47. The highest BCUT2D eigenvalue weighted by Crippen LogP contribution is 2.15. The van der Waals surface area contributed by atoms with Crippen molar-refractivity contribution in [3.8, 4) is 0 Å². The number of nitro groups is 1. The molecule has 5 nitrogen and oxygen atoms in total. The van der Waals surface area contributed by atoms with Gasteiger partial charge in [-0.25, -0.2) is 13.8 Å². The van der Waals surface area contributed by atoms with E-state index in [0.29, 0.717) is 0 Å². The van der Waals surface area contributed by atoms with Gasteiger partial charge in [-0.2, -0.15) is 0 Å². The summed E-state index contributed by atoms with van der Waals surface area (Å²) in [7, 11) is 0. The number of nitrogens with one attached hydrogen (secondary N) is 1. The number of benzene rings is 1. The van der Waals surface area contributed by atoms with Crippen LogP contribution in [0.4, 0.5) is 20.3 Å². The summed E-state index contributed by atoms with van der Waals surface area (Å²) in [6.45, 7) is 0.230. The average molecular weight is 265 g/mol. The highest BCUT2D eigenvalue weighted by molar-refractivity contribution is 5.39. The fourth-order valence-corrected chi connectivity index (χ4v) is 1.47. The minimum absolute atomic E-state index is 0.0187. The number of hydrogen-bond donors (Lipinski definition) is 1. The van der Waals surface area contributed by atoms with Gasteiger partial charge < -0.3 is 5.32 Å². The van der Waals surface area contributed by atoms with Gasteiger partial charge in [-0.1, -0.05) is 12.1 Å². The van der Waals surface area contributed by atoms with Crippen molar-refractivity contribution in [2.24, 2.45) is 0 Å². The zero-order valence-electron chi connectivity index (χ0n) is 9.64. The summed E-state index contributed by atoms with van der Waals surface area (Å²) < 4.78 is 25.9. The molecule has 1 N–H and O–H groups in total. The van der Waals surface area contributed by atoms with Crippen molar-refractivity contribution < 1.29 is 13.7 Å². The second-order valence-corrected chi connectivity index (χ2v) is 3.76. The largest absolute Gasteiger partial charge is 0.364 e. The van der Waals surface area contributed by atoms with Crippen LogP contribution in [-0.2, 0) is 6.54 Å². The predicted molar refractivity (Wildman–Crippen MR) is 64.6 cm³/mol. The zero-order valence-corrected chi connectivity index (χ0v) is 9.64. The van der Waals surface area contributed by atoms with Crippen molar-refractivity contribution in [2.75, 3.05) is 5.32 Å². The molecule has 0 amide bonds. The molecule has 0 radical (unpaired) electrons. The Kier molecular flexibility index (Phi) is 3.65. The highest BCUT2D eigenvalue weighted by atomic mass is 19.1. The molecule has 1 heterocycles. The van der Waals surface area contributed by atoms with Gasteiger partial charge in [0.2, 0.25) is 0 Å². The van der Waals surface area contributed by atoms with E-state index in [9.17, 15) is 18.9 Å². The molecule has 0 aliphatic carbocycles. The molecule has 2 rings (SSSR count). The van der Waals surface area contributed by atoms with Crippen LogP contribution >= 0.6 is 0 Å². The Morgan fingerprint density at radius 3 is 2.53 bits per heavy atom. The van der Waals surface area contributed by atoms with Gasteiger partial charge in [0.25, 0.3) is 5.69 Å². The lowest BCUT2D eigenvalue weighted by atomic mass is 10.2. The van der Waals surface area contributed by atoms with Crippen molar-refractivity contribution in [1.29, 1.82) is 0 Å². The smallest absolute Gasteiger partial charge is 0.269 e. The molecule has 0 fully saturated rings. The number of aromatic nitrogens is 1. The summed E-state index contributed by atoms with van der Waals surface area (Å²) in [6.07, 6.45) is 0.904. The van der Waals surface area contributed by atoms with Crippen LogP contribution in [0.3, 0.4) is 0 Å². The minimum atomic E-state index is -0.790. The first-order chi connectivity index (χ1) is 9.06. The lowest BCUT2D eigenvalue weighted by Crippen LogP contribution is -2.04. The van der Waals surface area contributed by atoms with Gasteiger partial charge in [0.15, 0.2) is 11.6 Å². The number of hydrogen-bond acceptors (Lipinski definition) is 4. The molecule has 0 bridgehead atoms. The van der Waals surface area contributed by atoms with Crippen LogP contribution in [0.2, 0.25) is 0 Å². The van der Waals surface area contributed by atoms with Crippen LogP contribution in [-0.4, -0.2) is 9.91 Å². The van der Waals surface area contributed by atoms with Crippen molar-refractivity contribution in [3.63, 3.8) is 0 Å². The van der Waals surface area contributed by atoms with Gasteiger partial charge in [-0.3, -0.25) is 10.1 Å². The topological polar surface area (TPSA) is 68.1 Å². The van der Waals surface area contributed by atoms with E-state index in [1.807, 2.05) is 0 Å². The van der Waals surface area contributed by atoms with E-state index in [1.54, 1.807) is 12.1 Å². The summed E-state index contributed by atoms with van der Waals surface area (Å²) in [5.74, 6) is -1.61. The van der Waals surface area contributed by atoms with E-state index in [4.69, 9.17) is 0 Å². The first-order valence-electron chi connectivity index (χ1n) is 5.34. The molecule has 98 valence electrons. The molecule has 0 spiro atoms. The molecule has 1 aromatic carbocycles. The number of halogens is 2. The quantitative estimate of drug-likeness (QED) is 0.681. The Balaban J connectivity index is 2.04. The second-order valence-electron chi connectivity index (χ2n) is 3.76. The maximum Gasteiger partial charge on any atom is 0.269 e. The molecule has 19 heavy (non-hydrogen) atoms. The number of rotatable bonds is 4. The Labute approximate surface area is 107 Å². The van der Waals surface area contributed by atoms with Crippen LogP contribution in [0.1, 0.15) is 5.56 Å². The minimum Gasteiger partial charge on any atom is -0.364 e. The van der Waals surface area contributed by atoms with Crippen molar-refractivity contribution in [1.82, 2.24) is 4.98 Å². The normalized spacial score (nSPS) is 10.2. The monoisotopic (exact) mass is 265 g/mol. The molecule has 0 unspecified atom stereocenters. The lowest BCUT2D eigenvalue weighted by molar-refractivity contribution is -0.384. The molecule has 0 saturated carbocycles. The van der Waals surface area contributed by atoms with Gasteiger partial charge >= 0.3 is 0 Å². The third-order valence-electron chi connectivity index (χ3n) is 2.41. The Morgan fingerprint density at radius 1 is 1.26 bits per heavy atom. The summed E-state index contributed by atoms with van der Waals surface area (Å²) in [4.78, 5) is 13.5. The van der Waals surface area contributed by atoms with Crippen molar-refractivity contribution >= 4 is 11.5 Å². The van der Waals surface area contributed by atoms with Crippen LogP contribution < -0.4 is 5.32 Å². The van der Waals surface area contributed by atoms with E-state index in [2.05, 4.69) is 10.3 Å². The standard InChI is InChI=1S/C12H9F2N3O2/c13-9-5-11(14)12(16-7-9)15-6-8-1-3-10(4-2-8)17(18)19/h1-5,7H,6H2,(H,15,16). The molecule has 7 heteroatoms. The number of nitro benzene ring substituents is 1. The summed E-state index contributed by atoms with van der Waals surface area (Å²) >= 11 is 0. The van der Waals surface area contributed by atoms with Crippen molar-refractivity contribution in [3.05, 3.63) is 63.8 Å². The molecule has 1 aromatic heterocycles. The molecule has 0 atom stereocenters. The Bertz CT molecular complexity index is 602. The number of anilines is 1. The van der Waals surface area contributed by atoms with E-state index in [-0.39, 0.29) is 18.1 Å². The number of non-ortho nitro benzene ring substituents is 1. The molecule has 2 aromatic rings. The van der Waals surface area contributed by atoms with Gasteiger partial charge in [0.1, 0.15) is 5.82 Å². The van der Waals surface area contributed by atoms with Crippen LogP contribution in [0, 0.1) is 21.7 Å². The van der Waals surface area contributed by atoms with E-state index >= 15 is 0 Å². The first kappa shape index (κ1) is 12.9. The van der Waals surface area contributed by atoms with E-state index in [1.165, 1.54) is 12.1 Å². The van der Waals surface area contributed by atoms with E-state index < -0.39 is 16.6 Å².